The molecule has 0 atom stereocenters. The summed E-state index contributed by atoms with van der Waals surface area (Å²) >= 11 is 0. The molecule has 2 N–H and O–H groups in total. The lowest BCUT2D eigenvalue weighted by molar-refractivity contribution is -0.119. The zero-order valence-corrected chi connectivity index (χ0v) is 11.8. The number of carboxylic acid groups (broad SMARTS) is 1. The first-order chi connectivity index (χ1) is 9.93. The lowest BCUT2D eigenvalue weighted by Crippen LogP contribution is -2.11. The zero-order valence-electron chi connectivity index (χ0n) is 11.8. The Morgan fingerprint density at radius 2 is 1.86 bits per heavy atom. The predicted octanol–water partition coefficient (Wildman–Crippen LogP) is 2.15. The SMILES string of the molecule is CCC(=O)C1=C(C)N/C(=C/c2ccc(C(=O)O)cc2)C1=O. The number of Topliss-reactive ketones (excluding diaryl/α,β-unsaturated/α-hetero) is 2. The maximum absolute atomic E-state index is 12.2. The number of hydrogen-bond acceptors (Lipinski definition) is 4. The number of aromatic carboxylic acids is 1. The zero-order chi connectivity index (χ0) is 15.6. The minimum atomic E-state index is -1.00. The first kappa shape index (κ1) is 14.7. The fourth-order valence-electron chi connectivity index (χ4n) is 2.13. The van der Waals surface area contributed by atoms with E-state index in [1.807, 2.05) is 0 Å². The van der Waals surface area contributed by atoms with Gasteiger partial charge in [-0.2, -0.15) is 0 Å². The molecule has 21 heavy (non-hydrogen) atoms. The first-order valence-corrected chi connectivity index (χ1v) is 6.55. The van der Waals surface area contributed by atoms with Gasteiger partial charge in [-0.05, 0) is 30.7 Å². The number of nitrogens with one attached hydrogen (secondary N) is 1. The summed E-state index contributed by atoms with van der Waals surface area (Å²) in [6.45, 7) is 3.40. The fourth-order valence-corrected chi connectivity index (χ4v) is 2.13. The predicted molar refractivity (Wildman–Crippen MR) is 77.5 cm³/mol. The molecule has 0 aliphatic carbocycles. The van der Waals surface area contributed by atoms with Gasteiger partial charge in [0.2, 0.25) is 5.78 Å². The number of carbonyl (C=O) groups excluding carboxylic acids is 2. The van der Waals surface area contributed by atoms with E-state index in [1.54, 1.807) is 32.1 Å². The van der Waals surface area contributed by atoms with Crippen LogP contribution in [0.2, 0.25) is 0 Å². The van der Waals surface area contributed by atoms with Gasteiger partial charge in [-0.3, -0.25) is 9.59 Å². The van der Waals surface area contributed by atoms with Gasteiger partial charge in [0.15, 0.2) is 5.78 Å². The van der Waals surface area contributed by atoms with Crippen molar-refractivity contribution in [3.8, 4) is 0 Å². The van der Waals surface area contributed by atoms with E-state index in [-0.39, 0.29) is 29.1 Å². The molecule has 0 unspecified atom stereocenters. The molecule has 0 spiro atoms. The van der Waals surface area contributed by atoms with Crippen LogP contribution in [0.1, 0.15) is 36.2 Å². The lowest BCUT2D eigenvalue weighted by Gasteiger charge is -2.00. The molecule has 0 fully saturated rings. The summed E-state index contributed by atoms with van der Waals surface area (Å²) in [4.78, 5) is 34.7. The summed E-state index contributed by atoms with van der Waals surface area (Å²) in [5.74, 6) is -1.51. The number of carboxylic acids is 1. The topological polar surface area (TPSA) is 83.5 Å². The Morgan fingerprint density at radius 1 is 1.24 bits per heavy atom. The first-order valence-electron chi connectivity index (χ1n) is 6.55. The summed E-state index contributed by atoms with van der Waals surface area (Å²) in [5.41, 5.74) is 1.95. The highest BCUT2D eigenvalue weighted by molar-refractivity contribution is 6.29. The van der Waals surface area contributed by atoms with Crippen LogP contribution < -0.4 is 5.32 Å². The molecule has 1 aromatic rings. The standard InChI is InChI=1S/C16H15NO4/c1-3-13(18)14-9(2)17-12(15(14)19)8-10-4-6-11(7-5-10)16(20)21/h4-8,17H,3H2,1-2H3,(H,20,21)/b12-8+. The van der Waals surface area contributed by atoms with E-state index in [1.165, 1.54) is 12.1 Å². The number of benzene rings is 1. The van der Waals surface area contributed by atoms with Crippen molar-refractivity contribution in [1.29, 1.82) is 0 Å². The summed E-state index contributed by atoms with van der Waals surface area (Å²) in [5, 5.41) is 11.7. The van der Waals surface area contributed by atoms with Crippen LogP contribution in [0.15, 0.2) is 41.2 Å². The normalized spacial score (nSPS) is 16.3. The van der Waals surface area contributed by atoms with Gasteiger partial charge < -0.3 is 10.4 Å². The molecule has 5 nitrogen and oxygen atoms in total. The van der Waals surface area contributed by atoms with Crippen LogP contribution in [0.4, 0.5) is 0 Å². The molecule has 0 saturated heterocycles. The molecule has 0 bridgehead atoms. The molecular weight excluding hydrogens is 270 g/mol. The van der Waals surface area contributed by atoms with Crippen molar-refractivity contribution in [1.82, 2.24) is 5.32 Å². The van der Waals surface area contributed by atoms with E-state index >= 15 is 0 Å². The molecule has 1 heterocycles. The summed E-state index contributed by atoms with van der Waals surface area (Å²) in [6.07, 6.45) is 1.88. The van der Waals surface area contributed by atoms with Crippen molar-refractivity contribution in [2.75, 3.05) is 0 Å². The Labute approximate surface area is 122 Å². The highest BCUT2D eigenvalue weighted by Crippen LogP contribution is 2.21. The highest BCUT2D eigenvalue weighted by Gasteiger charge is 2.29. The molecule has 1 aliphatic rings. The molecule has 108 valence electrons. The van der Waals surface area contributed by atoms with Crippen LogP contribution >= 0.6 is 0 Å². The molecule has 0 radical (unpaired) electrons. The Balaban J connectivity index is 2.26. The summed E-state index contributed by atoms with van der Waals surface area (Å²) in [7, 11) is 0. The minimum Gasteiger partial charge on any atom is -0.478 e. The number of hydrogen-bond donors (Lipinski definition) is 2. The highest BCUT2D eigenvalue weighted by atomic mass is 16.4. The van der Waals surface area contributed by atoms with Crippen LogP contribution in [0.5, 0.6) is 0 Å². The monoisotopic (exact) mass is 285 g/mol. The number of ketones is 2. The molecule has 0 saturated carbocycles. The second-order valence-corrected chi connectivity index (χ2v) is 4.72. The largest absolute Gasteiger partial charge is 0.478 e. The van der Waals surface area contributed by atoms with Gasteiger partial charge in [0.25, 0.3) is 0 Å². The van der Waals surface area contributed by atoms with Crippen LogP contribution in [0, 0.1) is 0 Å². The summed E-state index contributed by atoms with van der Waals surface area (Å²) in [6, 6.07) is 6.15. The van der Waals surface area contributed by atoms with E-state index in [0.29, 0.717) is 17.0 Å². The van der Waals surface area contributed by atoms with Gasteiger partial charge in [-0.15, -0.1) is 0 Å². The van der Waals surface area contributed by atoms with Crippen LogP contribution in [-0.2, 0) is 9.59 Å². The van der Waals surface area contributed by atoms with Crippen LogP contribution in [-0.4, -0.2) is 22.6 Å². The van der Waals surface area contributed by atoms with Crippen molar-refractivity contribution < 1.29 is 19.5 Å². The fraction of sp³-hybridized carbons (Fsp3) is 0.188. The molecule has 2 rings (SSSR count). The summed E-state index contributed by atoms with van der Waals surface area (Å²) < 4.78 is 0. The lowest BCUT2D eigenvalue weighted by atomic mass is 10.0. The van der Waals surface area contributed by atoms with Gasteiger partial charge in [-0.1, -0.05) is 19.1 Å². The third kappa shape index (κ3) is 2.91. The Hall–Kier alpha value is -2.69. The average molecular weight is 285 g/mol. The van der Waals surface area contributed by atoms with E-state index in [0.717, 1.165) is 0 Å². The Kier molecular flexibility index (Phi) is 4.03. The Bertz CT molecular complexity index is 681. The van der Waals surface area contributed by atoms with Gasteiger partial charge in [-0.25, -0.2) is 4.79 Å². The average Bonchev–Trinajstić information content (AvgIpc) is 2.73. The molecule has 5 heteroatoms. The van der Waals surface area contributed by atoms with E-state index < -0.39 is 5.97 Å². The molecular formula is C16H15NO4. The minimum absolute atomic E-state index is 0.180. The van der Waals surface area contributed by atoms with Crippen molar-refractivity contribution >= 4 is 23.6 Å². The third-order valence-electron chi connectivity index (χ3n) is 3.24. The molecule has 0 amide bonds. The van der Waals surface area contributed by atoms with E-state index in [9.17, 15) is 14.4 Å². The van der Waals surface area contributed by atoms with E-state index in [2.05, 4.69) is 5.32 Å². The van der Waals surface area contributed by atoms with Gasteiger partial charge in [0.1, 0.15) is 0 Å². The molecule has 1 aromatic carbocycles. The van der Waals surface area contributed by atoms with Gasteiger partial charge in [0.05, 0.1) is 16.8 Å². The van der Waals surface area contributed by atoms with Crippen LogP contribution in [0.3, 0.4) is 0 Å². The van der Waals surface area contributed by atoms with Crippen molar-refractivity contribution in [2.45, 2.75) is 20.3 Å². The van der Waals surface area contributed by atoms with Crippen molar-refractivity contribution in [3.63, 3.8) is 0 Å². The second kappa shape index (κ2) is 5.75. The quantitative estimate of drug-likeness (QED) is 0.654. The maximum atomic E-state index is 12.2. The van der Waals surface area contributed by atoms with Crippen LogP contribution in [0.25, 0.3) is 6.08 Å². The van der Waals surface area contributed by atoms with Crippen molar-refractivity contribution in [2.24, 2.45) is 0 Å². The Morgan fingerprint density at radius 3 is 2.38 bits per heavy atom. The van der Waals surface area contributed by atoms with Gasteiger partial charge >= 0.3 is 5.97 Å². The molecule has 0 aromatic heterocycles. The smallest absolute Gasteiger partial charge is 0.335 e. The molecule has 1 aliphatic heterocycles. The number of carbonyl (C=O) groups is 3. The maximum Gasteiger partial charge on any atom is 0.335 e. The van der Waals surface area contributed by atoms with Gasteiger partial charge in [0, 0.05) is 12.1 Å². The number of allylic oxidation sites excluding steroid dienone is 2. The second-order valence-electron chi connectivity index (χ2n) is 4.72. The van der Waals surface area contributed by atoms with Crippen molar-refractivity contribution in [3.05, 3.63) is 52.4 Å². The third-order valence-corrected chi connectivity index (χ3v) is 3.24. The van der Waals surface area contributed by atoms with E-state index in [4.69, 9.17) is 5.11 Å². The number of rotatable bonds is 4.